The number of hydrogen-bond acceptors (Lipinski definition) is 4. The molecule has 3 rings (SSSR count). The number of fused-ring (bicyclic) bond motifs is 1. The molecule has 1 heterocycles. The maximum Gasteiger partial charge on any atom is 0.126 e. The highest BCUT2D eigenvalue weighted by Gasteiger charge is 2.15. The van der Waals surface area contributed by atoms with E-state index in [9.17, 15) is 5.11 Å². The smallest absolute Gasteiger partial charge is 0.126 e. The quantitative estimate of drug-likeness (QED) is 0.792. The van der Waals surface area contributed by atoms with Crippen LogP contribution in [-0.4, -0.2) is 22.2 Å². The second-order valence-electron chi connectivity index (χ2n) is 4.48. The molecule has 100 valence electrons. The zero-order valence-electron chi connectivity index (χ0n) is 11.0. The van der Waals surface area contributed by atoms with Gasteiger partial charge in [0.25, 0.3) is 0 Å². The lowest BCUT2D eigenvalue weighted by Gasteiger charge is -2.15. The molecule has 0 bridgehead atoms. The molecule has 0 amide bonds. The highest BCUT2D eigenvalue weighted by Crippen LogP contribution is 2.33. The number of rotatable bonds is 3. The third-order valence-electron chi connectivity index (χ3n) is 3.33. The zero-order chi connectivity index (χ0) is 13.9. The Balaban J connectivity index is 2.18. The number of methoxy groups -OCH3 is 1. The first-order valence-corrected chi connectivity index (χ1v) is 6.30. The van der Waals surface area contributed by atoms with E-state index in [-0.39, 0.29) is 0 Å². The number of hydrogen-bond donors (Lipinski definition) is 1. The minimum atomic E-state index is -0.757. The minimum Gasteiger partial charge on any atom is -0.496 e. The van der Waals surface area contributed by atoms with Crippen molar-refractivity contribution >= 4 is 10.8 Å². The van der Waals surface area contributed by atoms with Crippen LogP contribution in [0.4, 0.5) is 0 Å². The summed E-state index contributed by atoms with van der Waals surface area (Å²) < 4.78 is 5.36. The molecular weight excluding hydrogens is 252 g/mol. The van der Waals surface area contributed by atoms with Crippen LogP contribution in [0, 0.1) is 0 Å². The number of nitrogens with zero attached hydrogens (tertiary/aromatic N) is 2. The van der Waals surface area contributed by atoms with Gasteiger partial charge in [0.2, 0.25) is 0 Å². The number of aliphatic hydroxyl groups excluding tert-OH is 1. The number of ether oxygens (including phenoxy) is 1. The van der Waals surface area contributed by atoms with Crippen molar-refractivity contribution in [3.05, 3.63) is 66.2 Å². The van der Waals surface area contributed by atoms with E-state index in [0.29, 0.717) is 5.56 Å². The molecule has 2 aromatic carbocycles. The summed E-state index contributed by atoms with van der Waals surface area (Å²) in [6, 6.07) is 11.6. The average Bonchev–Trinajstić information content (AvgIpc) is 2.54. The van der Waals surface area contributed by atoms with E-state index in [2.05, 4.69) is 9.97 Å². The van der Waals surface area contributed by atoms with Gasteiger partial charge in [-0.05, 0) is 17.0 Å². The van der Waals surface area contributed by atoms with Crippen molar-refractivity contribution in [2.24, 2.45) is 0 Å². The zero-order valence-corrected chi connectivity index (χ0v) is 11.0. The van der Waals surface area contributed by atoms with Gasteiger partial charge in [0.15, 0.2) is 0 Å². The van der Waals surface area contributed by atoms with Crippen LogP contribution in [0.1, 0.15) is 17.2 Å². The summed E-state index contributed by atoms with van der Waals surface area (Å²) in [5.74, 6) is 0.792. The lowest BCUT2D eigenvalue weighted by atomic mass is 9.97. The van der Waals surface area contributed by atoms with Gasteiger partial charge in [0.1, 0.15) is 18.2 Å². The van der Waals surface area contributed by atoms with Gasteiger partial charge in [0, 0.05) is 23.3 Å². The van der Waals surface area contributed by atoms with Crippen LogP contribution in [0.3, 0.4) is 0 Å². The van der Waals surface area contributed by atoms with E-state index in [1.54, 1.807) is 19.5 Å². The van der Waals surface area contributed by atoms with Gasteiger partial charge in [-0.25, -0.2) is 9.97 Å². The van der Waals surface area contributed by atoms with Crippen LogP contribution in [0.15, 0.2) is 55.1 Å². The third-order valence-corrected chi connectivity index (χ3v) is 3.33. The largest absolute Gasteiger partial charge is 0.496 e. The van der Waals surface area contributed by atoms with Crippen LogP contribution < -0.4 is 4.74 Å². The molecule has 0 saturated heterocycles. The Labute approximate surface area is 116 Å². The molecule has 4 heteroatoms. The Morgan fingerprint density at radius 3 is 2.40 bits per heavy atom. The van der Waals surface area contributed by atoms with Crippen molar-refractivity contribution in [1.29, 1.82) is 0 Å². The molecule has 0 spiro atoms. The number of benzene rings is 2. The summed E-state index contributed by atoms with van der Waals surface area (Å²) in [4.78, 5) is 7.90. The van der Waals surface area contributed by atoms with Crippen molar-refractivity contribution in [3.63, 3.8) is 0 Å². The van der Waals surface area contributed by atoms with Gasteiger partial charge in [-0.2, -0.15) is 0 Å². The van der Waals surface area contributed by atoms with Gasteiger partial charge in [-0.3, -0.25) is 0 Å². The van der Waals surface area contributed by atoms with Crippen molar-refractivity contribution in [2.45, 2.75) is 6.10 Å². The lowest BCUT2D eigenvalue weighted by Crippen LogP contribution is -2.02. The molecule has 1 aromatic heterocycles. The highest BCUT2D eigenvalue weighted by atomic mass is 16.5. The molecule has 4 nitrogen and oxygen atoms in total. The molecule has 0 saturated carbocycles. The van der Waals surface area contributed by atoms with Crippen LogP contribution in [-0.2, 0) is 0 Å². The molecule has 1 atom stereocenters. The van der Waals surface area contributed by atoms with E-state index in [4.69, 9.17) is 4.74 Å². The molecule has 0 aliphatic rings. The Morgan fingerprint density at radius 1 is 1.00 bits per heavy atom. The van der Waals surface area contributed by atoms with E-state index < -0.39 is 6.10 Å². The fourth-order valence-corrected chi connectivity index (χ4v) is 2.34. The Hall–Kier alpha value is -2.46. The van der Waals surface area contributed by atoms with Gasteiger partial charge in [-0.15, -0.1) is 0 Å². The molecule has 0 aliphatic heterocycles. The number of aliphatic hydroxyl groups is 1. The van der Waals surface area contributed by atoms with Crippen molar-refractivity contribution in [3.8, 4) is 5.75 Å². The van der Waals surface area contributed by atoms with Crippen LogP contribution >= 0.6 is 0 Å². The minimum absolute atomic E-state index is 0.669. The first-order valence-electron chi connectivity index (χ1n) is 6.30. The highest BCUT2D eigenvalue weighted by molar-refractivity contribution is 5.91. The monoisotopic (exact) mass is 266 g/mol. The third kappa shape index (κ3) is 2.10. The Kier molecular flexibility index (Phi) is 3.31. The standard InChI is InChI=1S/C16H14N2O2/c1-20-15-7-6-14(12-4-2-3-5-13(12)15)16(19)11-8-17-10-18-9-11/h2-10,16,19H,1H3. The molecular formula is C16H14N2O2. The Morgan fingerprint density at radius 2 is 1.70 bits per heavy atom. The summed E-state index contributed by atoms with van der Waals surface area (Å²) in [5.41, 5.74) is 1.49. The van der Waals surface area contributed by atoms with Crippen molar-refractivity contribution in [1.82, 2.24) is 9.97 Å². The molecule has 1 unspecified atom stereocenters. The molecule has 3 aromatic rings. The normalized spacial score (nSPS) is 12.3. The summed E-state index contributed by atoms with van der Waals surface area (Å²) >= 11 is 0. The first kappa shape index (κ1) is 12.6. The number of aromatic nitrogens is 2. The van der Waals surface area contributed by atoms with Crippen LogP contribution in [0.25, 0.3) is 10.8 Å². The van der Waals surface area contributed by atoms with Crippen LogP contribution in [0.2, 0.25) is 0 Å². The molecule has 1 N–H and O–H groups in total. The van der Waals surface area contributed by atoms with E-state index in [1.807, 2.05) is 36.4 Å². The van der Waals surface area contributed by atoms with Crippen molar-refractivity contribution in [2.75, 3.05) is 7.11 Å². The van der Waals surface area contributed by atoms with Crippen LogP contribution in [0.5, 0.6) is 5.75 Å². The Bertz CT molecular complexity index is 729. The lowest BCUT2D eigenvalue weighted by molar-refractivity contribution is 0.221. The molecule has 20 heavy (non-hydrogen) atoms. The first-order chi connectivity index (χ1) is 9.81. The summed E-state index contributed by atoms with van der Waals surface area (Å²) in [5, 5.41) is 12.5. The topological polar surface area (TPSA) is 55.2 Å². The fraction of sp³-hybridized carbons (Fsp3) is 0.125. The maximum absolute atomic E-state index is 10.5. The predicted octanol–water partition coefficient (Wildman–Crippen LogP) is 2.72. The van der Waals surface area contributed by atoms with Gasteiger partial charge >= 0.3 is 0 Å². The SMILES string of the molecule is COc1ccc(C(O)c2cncnc2)c2ccccc12. The fourth-order valence-electron chi connectivity index (χ4n) is 2.34. The molecule has 0 aliphatic carbocycles. The molecule has 0 fully saturated rings. The van der Waals surface area contributed by atoms with Gasteiger partial charge in [0.05, 0.1) is 7.11 Å². The predicted molar refractivity (Wildman–Crippen MR) is 76.6 cm³/mol. The second kappa shape index (κ2) is 5.27. The summed E-state index contributed by atoms with van der Waals surface area (Å²) in [6.07, 6.45) is 3.93. The van der Waals surface area contributed by atoms with Crippen molar-refractivity contribution < 1.29 is 9.84 Å². The van der Waals surface area contributed by atoms with E-state index >= 15 is 0 Å². The summed E-state index contributed by atoms with van der Waals surface area (Å²) in [7, 11) is 1.64. The van der Waals surface area contributed by atoms with E-state index in [1.165, 1.54) is 6.33 Å². The summed E-state index contributed by atoms with van der Waals surface area (Å²) in [6.45, 7) is 0. The molecule has 0 radical (unpaired) electrons. The van der Waals surface area contributed by atoms with E-state index in [0.717, 1.165) is 22.1 Å². The average molecular weight is 266 g/mol. The second-order valence-corrected chi connectivity index (χ2v) is 4.48. The van der Waals surface area contributed by atoms with Gasteiger partial charge in [-0.1, -0.05) is 30.3 Å². The van der Waals surface area contributed by atoms with Gasteiger partial charge < -0.3 is 9.84 Å². The maximum atomic E-state index is 10.5.